The van der Waals surface area contributed by atoms with Gasteiger partial charge in [-0.05, 0) is 29.0 Å². The number of nitrogens with zero attached hydrogens (tertiary/aromatic N) is 1. The lowest BCUT2D eigenvalue weighted by molar-refractivity contribution is 0.100. The number of rotatable bonds is 2. The number of aromatic amines is 1. The van der Waals surface area contributed by atoms with E-state index in [-0.39, 0.29) is 0 Å². The zero-order valence-corrected chi connectivity index (χ0v) is 11.7. The van der Waals surface area contributed by atoms with Crippen molar-refractivity contribution in [2.24, 2.45) is 5.73 Å². The highest BCUT2D eigenvalue weighted by Crippen LogP contribution is 2.32. The van der Waals surface area contributed by atoms with Crippen molar-refractivity contribution in [3.63, 3.8) is 0 Å². The minimum absolute atomic E-state index is 0.438. The van der Waals surface area contributed by atoms with Crippen molar-refractivity contribution in [3.8, 4) is 11.3 Å². The van der Waals surface area contributed by atoms with Crippen molar-refractivity contribution in [2.45, 2.75) is 0 Å². The molecule has 1 amide bonds. The third kappa shape index (κ3) is 1.85. The highest BCUT2D eigenvalue weighted by Gasteiger charge is 2.12. The van der Waals surface area contributed by atoms with E-state index in [1.807, 2.05) is 30.3 Å². The van der Waals surface area contributed by atoms with Crippen LogP contribution in [0.2, 0.25) is 0 Å². The Hall–Kier alpha value is -3.14. The number of primary amides is 1. The molecule has 0 saturated heterocycles. The number of amides is 1. The van der Waals surface area contributed by atoms with E-state index >= 15 is 0 Å². The molecule has 3 N–H and O–H groups in total. The van der Waals surface area contributed by atoms with Crippen LogP contribution < -0.4 is 5.73 Å². The van der Waals surface area contributed by atoms with Gasteiger partial charge >= 0.3 is 0 Å². The molecule has 0 radical (unpaired) electrons. The number of nitrogens with two attached hydrogens (primary N) is 1. The highest BCUT2D eigenvalue weighted by molar-refractivity contribution is 6.05. The van der Waals surface area contributed by atoms with Crippen molar-refractivity contribution in [1.82, 2.24) is 10.2 Å². The van der Waals surface area contributed by atoms with Crippen LogP contribution in [-0.4, -0.2) is 16.1 Å². The lowest BCUT2D eigenvalue weighted by atomic mass is 9.99. The molecule has 0 aliphatic carbocycles. The van der Waals surface area contributed by atoms with Crippen LogP contribution in [0.1, 0.15) is 10.4 Å². The summed E-state index contributed by atoms with van der Waals surface area (Å²) in [7, 11) is 0. The average Bonchev–Trinajstić information content (AvgIpc) is 2.97. The van der Waals surface area contributed by atoms with Crippen LogP contribution in [0.5, 0.6) is 0 Å². The van der Waals surface area contributed by atoms with Gasteiger partial charge in [-0.15, -0.1) is 0 Å². The number of aromatic nitrogens is 2. The van der Waals surface area contributed by atoms with E-state index in [0.29, 0.717) is 5.56 Å². The molecule has 4 nitrogen and oxygen atoms in total. The van der Waals surface area contributed by atoms with E-state index < -0.39 is 5.91 Å². The summed E-state index contributed by atoms with van der Waals surface area (Å²) < 4.78 is 0. The molecule has 0 atom stereocenters. The van der Waals surface area contributed by atoms with E-state index in [1.54, 1.807) is 12.1 Å². The van der Waals surface area contributed by atoms with Crippen molar-refractivity contribution >= 4 is 27.6 Å². The van der Waals surface area contributed by atoms with Crippen molar-refractivity contribution in [2.75, 3.05) is 0 Å². The highest BCUT2D eigenvalue weighted by atomic mass is 16.1. The SMILES string of the molecule is NC(=O)c1ccc2[nH]nc(-c3cccc4ccccc34)c2c1. The van der Waals surface area contributed by atoms with Crippen molar-refractivity contribution < 1.29 is 4.79 Å². The first-order chi connectivity index (χ1) is 10.7. The number of carbonyl (C=O) groups excluding carboxylic acids is 1. The molecular weight excluding hydrogens is 274 g/mol. The number of benzene rings is 3. The van der Waals surface area contributed by atoms with E-state index in [9.17, 15) is 4.79 Å². The van der Waals surface area contributed by atoms with Gasteiger partial charge in [0.15, 0.2) is 0 Å². The molecule has 0 spiro atoms. The van der Waals surface area contributed by atoms with Crippen LogP contribution in [0, 0.1) is 0 Å². The van der Waals surface area contributed by atoms with Gasteiger partial charge in [-0.2, -0.15) is 5.10 Å². The Labute approximate surface area is 126 Å². The fourth-order valence-electron chi connectivity index (χ4n) is 2.80. The minimum Gasteiger partial charge on any atom is -0.366 e. The van der Waals surface area contributed by atoms with Crippen LogP contribution >= 0.6 is 0 Å². The van der Waals surface area contributed by atoms with E-state index in [1.165, 1.54) is 0 Å². The summed E-state index contributed by atoms with van der Waals surface area (Å²) >= 11 is 0. The van der Waals surface area contributed by atoms with Crippen LogP contribution in [0.25, 0.3) is 32.9 Å². The molecule has 4 aromatic rings. The molecule has 1 aromatic heterocycles. The Morgan fingerprint density at radius 2 is 1.77 bits per heavy atom. The van der Waals surface area contributed by atoms with E-state index in [4.69, 9.17) is 5.73 Å². The first-order valence-electron chi connectivity index (χ1n) is 7.00. The molecule has 106 valence electrons. The van der Waals surface area contributed by atoms with Crippen LogP contribution in [0.4, 0.5) is 0 Å². The molecule has 1 heterocycles. The summed E-state index contributed by atoms with van der Waals surface area (Å²) in [6.07, 6.45) is 0. The van der Waals surface area contributed by atoms with Crippen LogP contribution in [0.3, 0.4) is 0 Å². The van der Waals surface area contributed by atoms with Crippen LogP contribution in [-0.2, 0) is 0 Å². The maximum Gasteiger partial charge on any atom is 0.248 e. The van der Waals surface area contributed by atoms with Gasteiger partial charge in [0.1, 0.15) is 5.69 Å². The molecule has 0 saturated carbocycles. The number of nitrogens with one attached hydrogen (secondary N) is 1. The summed E-state index contributed by atoms with van der Waals surface area (Å²) in [6, 6.07) is 19.6. The first-order valence-corrected chi connectivity index (χ1v) is 7.00. The normalized spacial score (nSPS) is 11.1. The maximum atomic E-state index is 11.4. The second-order valence-electron chi connectivity index (χ2n) is 5.22. The Kier molecular flexibility index (Phi) is 2.69. The fraction of sp³-hybridized carbons (Fsp3) is 0. The zero-order valence-electron chi connectivity index (χ0n) is 11.7. The van der Waals surface area contributed by atoms with Crippen LogP contribution in [0.15, 0.2) is 60.7 Å². The average molecular weight is 287 g/mol. The Morgan fingerprint density at radius 1 is 0.955 bits per heavy atom. The number of hydrogen-bond donors (Lipinski definition) is 2. The number of H-pyrrole nitrogens is 1. The summed E-state index contributed by atoms with van der Waals surface area (Å²) in [5.74, 6) is -0.438. The second kappa shape index (κ2) is 4.70. The topological polar surface area (TPSA) is 71.8 Å². The second-order valence-corrected chi connectivity index (χ2v) is 5.22. The molecule has 0 aliphatic rings. The Morgan fingerprint density at radius 3 is 2.64 bits per heavy atom. The molecule has 0 aliphatic heterocycles. The molecule has 4 heteroatoms. The third-order valence-electron chi connectivity index (χ3n) is 3.89. The monoisotopic (exact) mass is 287 g/mol. The smallest absolute Gasteiger partial charge is 0.248 e. The van der Waals surface area contributed by atoms with E-state index in [0.717, 1.165) is 32.9 Å². The van der Waals surface area contributed by atoms with Crippen molar-refractivity contribution in [1.29, 1.82) is 0 Å². The minimum atomic E-state index is -0.438. The van der Waals surface area contributed by atoms with Gasteiger partial charge in [-0.3, -0.25) is 9.89 Å². The molecule has 22 heavy (non-hydrogen) atoms. The Balaban J connectivity index is 2.04. The van der Waals surface area contributed by atoms with Gasteiger partial charge in [0.05, 0.1) is 5.52 Å². The predicted octanol–water partition coefficient (Wildman–Crippen LogP) is 3.48. The fourth-order valence-corrected chi connectivity index (χ4v) is 2.80. The number of fused-ring (bicyclic) bond motifs is 2. The lowest BCUT2D eigenvalue weighted by Crippen LogP contribution is -2.10. The summed E-state index contributed by atoms with van der Waals surface area (Å²) in [5.41, 5.74) is 8.61. The molecule has 3 aromatic carbocycles. The Bertz CT molecular complexity index is 1010. The zero-order chi connectivity index (χ0) is 15.1. The summed E-state index contributed by atoms with van der Waals surface area (Å²) in [5, 5.41) is 10.6. The number of carbonyl (C=O) groups is 1. The molecule has 0 bridgehead atoms. The van der Waals surface area contributed by atoms with Gasteiger partial charge in [-0.25, -0.2) is 0 Å². The molecule has 4 rings (SSSR count). The lowest BCUT2D eigenvalue weighted by Gasteiger charge is -2.04. The van der Waals surface area contributed by atoms with Gasteiger partial charge in [-0.1, -0.05) is 42.5 Å². The van der Waals surface area contributed by atoms with Gasteiger partial charge in [0.25, 0.3) is 0 Å². The first kappa shape index (κ1) is 12.6. The van der Waals surface area contributed by atoms with Crippen molar-refractivity contribution in [3.05, 3.63) is 66.2 Å². The van der Waals surface area contributed by atoms with Gasteiger partial charge in [0, 0.05) is 16.5 Å². The predicted molar refractivity (Wildman–Crippen MR) is 87.6 cm³/mol. The maximum absolute atomic E-state index is 11.4. The third-order valence-corrected chi connectivity index (χ3v) is 3.89. The quantitative estimate of drug-likeness (QED) is 0.592. The standard InChI is InChI=1S/C18H13N3O/c19-18(22)12-8-9-16-15(10-12)17(21-20-16)14-7-3-5-11-4-1-2-6-13(11)14/h1-10H,(H2,19,22)(H,20,21). The molecular formula is C18H13N3O. The largest absolute Gasteiger partial charge is 0.366 e. The van der Waals surface area contributed by atoms with E-state index in [2.05, 4.69) is 28.4 Å². The van der Waals surface area contributed by atoms with Gasteiger partial charge < -0.3 is 5.73 Å². The molecule has 0 fully saturated rings. The molecule has 0 unspecified atom stereocenters. The van der Waals surface area contributed by atoms with Gasteiger partial charge in [0.2, 0.25) is 5.91 Å². The number of hydrogen-bond acceptors (Lipinski definition) is 2. The summed E-state index contributed by atoms with van der Waals surface area (Å²) in [6.45, 7) is 0. The summed E-state index contributed by atoms with van der Waals surface area (Å²) in [4.78, 5) is 11.4.